The molecule has 0 spiro atoms. The van der Waals surface area contributed by atoms with Crippen molar-refractivity contribution < 1.29 is 18.4 Å². The molecule has 1 N–H and O–H groups in total. The summed E-state index contributed by atoms with van der Waals surface area (Å²) in [6.07, 6.45) is -0.264. The summed E-state index contributed by atoms with van der Waals surface area (Å²) < 4.78 is 26.7. The molecule has 6 heteroatoms. The molecule has 0 unspecified atom stereocenters. The minimum absolute atomic E-state index is 0.00298. The average Bonchev–Trinajstić information content (AvgIpc) is 2.38. The van der Waals surface area contributed by atoms with Crippen molar-refractivity contribution in [2.24, 2.45) is 0 Å². The van der Waals surface area contributed by atoms with Crippen molar-refractivity contribution in [3.8, 4) is 0 Å². The predicted molar refractivity (Wildman–Crippen MR) is 68.9 cm³/mol. The quantitative estimate of drug-likeness (QED) is 0.887. The van der Waals surface area contributed by atoms with Gasteiger partial charge in [0.25, 0.3) is 0 Å². The predicted octanol–water partition coefficient (Wildman–Crippen LogP) is 1.24. The van der Waals surface area contributed by atoms with Gasteiger partial charge in [0, 0.05) is 18.7 Å². The van der Waals surface area contributed by atoms with Crippen molar-refractivity contribution in [3.05, 3.63) is 35.4 Å². The second-order valence-corrected chi connectivity index (χ2v) is 5.25. The molecule has 2 amide bonds. The summed E-state index contributed by atoms with van der Waals surface area (Å²) in [6.45, 7) is 3.97. The van der Waals surface area contributed by atoms with Gasteiger partial charge in [0.15, 0.2) is 11.6 Å². The van der Waals surface area contributed by atoms with Crippen LogP contribution in [0.15, 0.2) is 18.2 Å². The first kappa shape index (κ1) is 14.4. The maximum absolute atomic E-state index is 13.6. The maximum atomic E-state index is 13.6. The van der Waals surface area contributed by atoms with E-state index in [1.807, 2.05) is 0 Å². The van der Waals surface area contributed by atoms with E-state index in [0.717, 1.165) is 6.07 Å². The van der Waals surface area contributed by atoms with Crippen LogP contribution in [0, 0.1) is 11.6 Å². The van der Waals surface area contributed by atoms with Gasteiger partial charge in [-0.05, 0) is 19.9 Å². The van der Waals surface area contributed by atoms with Gasteiger partial charge in [0.1, 0.15) is 5.54 Å². The summed E-state index contributed by atoms with van der Waals surface area (Å²) in [7, 11) is 0. The van der Waals surface area contributed by atoms with Crippen LogP contribution in [-0.2, 0) is 16.0 Å². The van der Waals surface area contributed by atoms with Crippen molar-refractivity contribution in [2.75, 3.05) is 13.1 Å². The zero-order valence-corrected chi connectivity index (χ0v) is 11.4. The Bertz CT molecular complexity index is 558. The van der Waals surface area contributed by atoms with E-state index in [1.165, 1.54) is 17.0 Å². The van der Waals surface area contributed by atoms with Gasteiger partial charge >= 0.3 is 0 Å². The SMILES string of the molecule is CC1(C)C(=O)NCCN1C(=O)Cc1cccc(F)c1F. The third-order valence-corrected chi connectivity index (χ3v) is 3.53. The zero-order valence-electron chi connectivity index (χ0n) is 11.4. The van der Waals surface area contributed by atoms with Gasteiger partial charge < -0.3 is 10.2 Å². The summed E-state index contributed by atoms with van der Waals surface area (Å²) in [4.78, 5) is 25.4. The van der Waals surface area contributed by atoms with Crippen LogP contribution in [0.5, 0.6) is 0 Å². The molecule has 0 radical (unpaired) electrons. The Labute approximate surface area is 115 Å². The highest BCUT2D eigenvalue weighted by atomic mass is 19.2. The fraction of sp³-hybridized carbons (Fsp3) is 0.429. The summed E-state index contributed by atoms with van der Waals surface area (Å²) in [5.41, 5.74) is -0.990. The number of hydrogen-bond donors (Lipinski definition) is 1. The van der Waals surface area contributed by atoms with Crippen LogP contribution in [0.3, 0.4) is 0 Å². The monoisotopic (exact) mass is 282 g/mol. The molecular weight excluding hydrogens is 266 g/mol. The molecule has 20 heavy (non-hydrogen) atoms. The van der Waals surface area contributed by atoms with E-state index in [0.29, 0.717) is 13.1 Å². The number of halogens is 2. The van der Waals surface area contributed by atoms with Crippen molar-refractivity contribution in [1.82, 2.24) is 10.2 Å². The van der Waals surface area contributed by atoms with Gasteiger partial charge in [-0.15, -0.1) is 0 Å². The average molecular weight is 282 g/mol. The van der Waals surface area contributed by atoms with Crippen LogP contribution in [0.25, 0.3) is 0 Å². The van der Waals surface area contributed by atoms with Crippen LogP contribution in [0.4, 0.5) is 8.78 Å². The topological polar surface area (TPSA) is 49.4 Å². The molecule has 108 valence electrons. The molecule has 1 heterocycles. The summed E-state index contributed by atoms with van der Waals surface area (Å²) >= 11 is 0. The number of carbonyl (C=O) groups excluding carboxylic acids is 2. The first-order chi connectivity index (χ1) is 9.34. The molecule has 4 nitrogen and oxygen atoms in total. The minimum Gasteiger partial charge on any atom is -0.352 e. The van der Waals surface area contributed by atoms with E-state index in [2.05, 4.69) is 5.32 Å². The number of benzene rings is 1. The molecule has 2 rings (SSSR count). The molecule has 1 aromatic rings. The standard InChI is InChI=1S/C14H16F2N2O2/c1-14(2)13(20)17-6-7-18(14)11(19)8-9-4-3-5-10(15)12(9)16/h3-5H,6-8H2,1-2H3,(H,17,20). The molecule has 0 bridgehead atoms. The van der Waals surface area contributed by atoms with Crippen LogP contribution in [0.1, 0.15) is 19.4 Å². The van der Waals surface area contributed by atoms with Gasteiger partial charge in [-0.3, -0.25) is 9.59 Å². The minimum atomic E-state index is -1.01. The number of amides is 2. The lowest BCUT2D eigenvalue weighted by atomic mass is 9.97. The Kier molecular flexibility index (Phi) is 3.74. The number of carbonyl (C=O) groups is 2. The largest absolute Gasteiger partial charge is 0.352 e. The molecule has 1 saturated heterocycles. The third kappa shape index (κ3) is 2.50. The third-order valence-electron chi connectivity index (χ3n) is 3.53. The second-order valence-electron chi connectivity index (χ2n) is 5.25. The number of hydrogen-bond acceptors (Lipinski definition) is 2. The molecule has 1 aliphatic rings. The Hall–Kier alpha value is -1.98. The van der Waals surface area contributed by atoms with Crippen LogP contribution in [-0.4, -0.2) is 35.3 Å². The number of rotatable bonds is 2. The van der Waals surface area contributed by atoms with Crippen molar-refractivity contribution >= 4 is 11.8 Å². The highest BCUT2D eigenvalue weighted by molar-refractivity contribution is 5.92. The maximum Gasteiger partial charge on any atom is 0.245 e. The first-order valence-electron chi connectivity index (χ1n) is 6.35. The molecule has 0 atom stereocenters. The highest BCUT2D eigenvalue weighted by Gasteiger charge is 2.40. The number of nitrogens with one attached hydrogen (secondary N) is 1. The Morgan fingerprint density at radius 2 is 2.10 bits per heavy atom. The lowest BCUT2D eigenvalue weighted by Gasteiger charge is -2.41. The van der Waals surface area contributed by atoms with E-state index in [9.17, 15) is 18.4 Å². The van der Waals surface area contributed by atoms with Gasteiger partial charge in [-0.2, -0.15) is 0 Å². The van der Waals surface area contributed by atoms with Crippen molar-refractivity contribution in [2.45, 2.75) is 25.8 Å². The van der Waals surface area contributed by atoms with E-state index in [-0.39, 0.29) is 17.9 Å². The van der Waals surface area contributed by atoms with Crippen molar-refractivity contribution in [1.29, 1.82) is 0 Å². The van der Waals surface area contributed by atoms with Gasteiger partial charge in [-0.1, -0.05) is 12.1 Å². The Morgan fingerprint density at radius 1 is 1.40 bits per heavy atom. The summed E-state index contributed by atoms with van der Waals surface area (Å²) in [5, 5.41) is 2.67. The fourth-order valence-electron chi connectivity index (χ4n) is 2.28. The van der Waals surface area contributed by atoms with E-state index >= 15 is 0 Å². The van der Waals surface area contributed by atoms with Crippen LogP contribution >= 0.6 is 0 Å². The normalized spacial score (nSPS) is 17.8. The van der Waals surface area contributed by atoms with E-state index in [1.54, 1.807) is 13.8 Å². The lowest BCUT2D eigenvalue weighted by molar-refractivity contribution is -0.148. The fourth-order valence-corrected chi connectivity index (χ4v) is 2.28. The molecule has 1 aromatic carbocycles. The Morgan fingerprint density at radius 3 is 2.80 bits per heavy atom. The smallest absolute Gasteiger partial charge is 0.245 e. The first-order valence-corrected chi connectivity index (χ1v) is 6.35. The highest BCUT2D eigenvalue weighted by Crippen LogP contribution is 2.20. The molecule has 0 saturated carbocycles. The molecule has 1 aliphatic heterocycles. The molecular formula is C14H16F2N2O2. The summed E-state index contributed by atoms with van der Waals surface area (Å²) in [6, 6.07) is 3.73. The van der Waals surface area contributed by atoms with Crippen LogP contribution in [0.2, 0.25) is 0 Å². The number of nitrogens with zero attached hydrogens (tertiary/aromatic N) is 1. The molecule has 0 aliphatic carbocycles. The van der Waals surface area contributed by atoms with E-state index < -0.39 is 23.1 Å². The molecule has 1 fully saturated rings. The number of piperazine rings is 1. The van der Waals surface area contributed by atoms with E-state index in [4.69, 9.17) is 0 Å². The Balaban J connectivity index is 2.20. The molecule has 0 aromatic heterocycles. The van der Waals surface area contributed by atoms with Crippen LogP contribution < -0.4 is 5.32 Å². The summed E-state index contributed by atoms with van der Waals surface area (Å²) in [5.74, 6) is -2.64. The second kappa shape index (κ2) is 5.19. The van der Waals surface area contributed by atoms with Gasteiger partial charge in [0.05, 0.1) is 6.42 Å². The van der Waals surface area contributed by atoms with Gasteiger partial charge in [0.2, 0.25) is 11.8 Å². The lowest BCUT2D eigenvalue weighted by Crippen LogP contribution is -2.63. The van der Waals surface area contributed by atoms with Gasteiger partial charge in [-0.25, -0.2) is 8.78 Å². The zero-order chi connectivity index (χ0) is 14.9. The van der Waals surface area contributed by atoms with Crippen molar-refractivity contribution in [3.63, 3.8) is 0 Å².